The average Bonchev–Trinajstić information content (AvgIpc) is 2.37. The number of aliphatic carboxylic acids is 1. The van der Waals surface area contributed by atoms with Gasteiger partial charge in [0.25, 0.3) is 0 Å². The lowest BCUT2D eigenvalue weighted by Gasteiger charge is -2.05. The minimum Gasteiger partial charge on any atom is -0.481 e. The number of hydrogen-bond acceptors (Lipinski definition) is 3. The summed E-state index contributed by atoms with van der Waals surface area (Å²) in [6.45, 7) is 0. The van der Waals surface area contributed by atoms with Gasteiger partial charge < -0.3 is 5.11 Å². The normalized spacial score (nSPS) is 11.7. The van der Waals surface area contributed by atoms with Gasteiger partial charge >= 0.3 is 5.97 Å². The molecule has 0 radical (unpaired) electrons. The van der Waals surface area contributed by atoms with E-state index >= 15 is 0 Å². The molecule has 0 spiro atoms. The van der Waals surface area contributed by atoms with Crippen LogP contribution < -0.4 is 0 Å². The number of carboxylic acids is 1. The van der Waals surface area contributed by atoms with Crippen molar-refractivity contribution in [3.05, 3.63) is 41.4 Å². The van der Waals surface area contributed by atoms with Gasteiger partial charge in [0.2, 0.25) is 0 Å². The van der Waals surface area contributed by atoms with Crippen molar-refractivity contribution < 1.29 is 18.3 Å². The van der Waals surface area contributed by atoms with Crippen molar-refractivity contribution in [3.63, 3.8) is 0 Å². The number of carboxylic acid groups (broad SMARTS) is 1. The number of fused-ring (bicyclic) bond motifs is 1. The van der Waals surface area contributed by atoms with Crippen LogP contribution in [0.1, 0.15) is 12.8 Å². The van der Waals surface area contributed by atoms with Crippen molar-refractivity contribution in [2.24, 2.45) is 0 Å². The highest BCUT2D eigenvalue weighted by molar-refractivity contribution is 7.91. The lowest BCUT2D eigenvalue weighted by atomic mass is 10.1. The fourth-order valence-electron chi connectivity index (χ4n) is 1.92. The van der Waals surface area contributed by atoms with Crippen LogP contribution in [0.5, 0.6) is 0 Å². The fourth-order valence-corrected chi connectivity index (χ4v) is 3.44. The Kier molecular flexibility index (Phi) is 4.30. The van der Waals surface area contributed by atoms with Gasteiger partial charge in [-0.1, -0.05) is 23.7 Å². The van der Waals surface area contributed by atoms with E-state index in [0.29, 0.717) is 5.02 Å². The number of hydrogen-bond donors (Lipinski definition) is 1. The molecule has 4 nitrogen and oxygen atoms in total. The number of carbonyl (C=O) groups is 1. The molecule has 0 saturated carbocycles. The molecule has 0 aromatic heterocycles. The van der Waals surface area contributed by atoms with Crippen molar-refractivity contribution >= 4 is 38.2 Å². The number of halogens is 1. The molecule has 2 rings (SSSR count). The number of sulfone groups is 1. The largest absolute Gasteiger partial charge is 0.481 e. The second kappa shape index (κ2) is 5.81. The summed E-state index contributed by atoms with van der Waals surface area (Å²) in [7, 11) is -3.45. The van der Waals surface area contributed by atoms with Gasteiger partial charge in [-0.3, -0.25) is 4.79 Å². The Labute approximate surface area is 121 Å². The molecule has 20 heavy (non-hydrogen) atoms. The van der Waals surface area contributed by atoms with Gasteiger partial charge in [0.15, 0.2) is 9.84 Å². The average molecular weight is 313 g/mol. The van der Waals surface area contributed by atoms with E-state index in [1.165, 1.54) is 6.07 Å². The van der Waals surface area contributed by atoms with E-state index in [2.05, 4.69) is 0 Å². The Morgan fingerprint density at radius 1 is 1.10 bits per heavy atom. The smallest absolute Gasteiger partial charge is 0.303 e. The van der Waals surface area contributed by atoms with E-state index in [1.807, 2.05) is 0 Å². The highest BCUT2D eigenvalue weighted by Crippen LogP contribution is 2.23. The highest BCUT2D eigenvalue weighted by atomic mass is 35.5. The van der Waals surface area contributed by atoms with Crippen LogP contribution in [0.3, 0.4) is 0 Å². The van der Waals surface area contributed by atoms with E-state index in [1.54, 1.807) is 30.3 Å². The SMILES string of the molecule is O=C(O)CCCS(=O)(=O)c1ccc2cc(Cl)ccc2c1. The van der Waals surface area contributed by atoms with Crippen molar-refractivity contribution in [2.45, 2.75) is 17.7 Å². The van der Waals surface area contributed by atoms with Crippen molar-refractivity contribution in [1.29, 1.82) is 0 Å². The highest BCUT2D eigenvalue weighted by Gasteiger charge is 2.15. The maximum Gasteiger partial charge on any atom is 0.303 e. The topological polar surface area (TPSA) is 71.4 Å². The third kappa shape index (κ3) is 3.49. The first-order valence-corrected chi connectivity index (χ1v) is 8.05. The molecular weight excluding hydrogens is 300 g/mol. The predicted molar refractivity (Wildman–Crippen MR) is 77.9 cm³/mol. The third-order valence-corrected chi connectivity index (χ3v) is 4.97. The summed E-state index contributed by atoms with van der Waals surface area (Å²) in [5.74, 6) is -1.16. The first-order valence-electron chi connectivity index (χ1n) is 6.02. The van der Waals surface area contributed by atoms with E-state index in [-0.39, 0.29) is 23.5 Å². The molecule has 0 aliphatic heterocycles. The Bertz CT molecular complexity index is 753. The standard InChI is InChI=1S/C14H13ClO4S/c15-12-5-3-11-9-13(6-4-10(11)8-12)20(18,19)7-1-2-14(16)17/h3-6,8-9H,1-2,7H2,(H,16,17). The lowest BCUT2D eigenvalue weighted by Crippen LogP contribution is -2.08. The zero-order valence-corrected chi connectivity index (χ0v) is 12.1. The zero-order chi connectivity index (χ0) is 14.8. The molecule has 0 unspecified atom stereocenters. The molecule has 0 heterocycles. The Hall–Kier alpha value is -1.59. The second-order valence-electron chi connectivity index (χ2n) is 4.47. The molecule has 0 fully saturated rings. The molecule has 0 saturated heterocycles. The second-order valence-corrected chi connectivity index (χ2v) is 7.02. The van der Waals surface area contributed by atoms with Gasteiger partial charge in [0, 0.05) is 11.4 Å². The van der Waals surface area contributed by atoms with E-state index in [0.717, 1.165) is 10.8 Å². The number of rotatable bonds is 5. The minimum atomic E-state index is -3.45. The van der Waals surface area contributed by atoms with Gasteiger partial charge in [0.05, 0.1) is 10.6 Å². The monoisotopic (exact) mass is 312 g/mol. The lowest BCUT2D eigenvalue weighted by molar-refractivity contribution is -0.137. The Morgan fingerprint density at radius 3 is 2.45 bits per heavy atom. The molecule has 2 aromatic rings. The van der Waals surface area contributed by atoms with Crippen LogP contribution in [0.25, 0.3) is 10.8 Å². The van der Waals surface area contributed by atoms with Crippen LogP contribution in [0.2, 0.25) is 5.02 Å². The van der Waals surface area contributed by atoms with Crippen molar-refractivity contribution in [2.75, 3.05) is 5.75 Å². The molecule has 0 aliphatic carbocycles. The van der Waals surface area contributed by atoms with Gasteiger partial charge in [-0.2, -0.15) is 0 Å². The van der Waals surface area contributed by atoms with Crippen LogP contribution in [-0.2, 0) is 14.6 Å². The molecular formula is C14H13ClO4S. The van der Waals surface area contributed by atoms with Gasteiger partial charge in [-0.25, -0.2) is 8.42 Å². The first-order chi connectivity index (χ1) is 9.38. The van der Waals surface area contributed by atoms with Crippen molar-refractivity contribution in [3.8, 4) is 0 Å². The molecule has 2 aromatic carbocycles. The zero-order valence-electron chi connectivity index (χ0n) is 10.5. The molecule has 0 aliphatic rings. The van der Waals surface area contributed by atoms with Crippen LogP contribution in [0.4, 0.5) is 0 Å². The number of benzene rings is 2. The minimum absolute atomic E-state index is 0.107. The van der Waals surface area contributed by atoms with Crippen LogP contribution in [0, 0.1) is 0 Å². The molecule has 106 valence electrons. The Morgan fingerprint density at radius 2 is 1.75 bits per heavy atom. The first kappa shape index (κ1) is 14.8. The summed E-state index contributed by atoms with van der Waals surface area (Å²) in [5, 5.41) is 10.8. The van der Waals surface area contributed by atoms with Gasteiger partial charge in [0.1, 0.15) is 0 Å². The maximum absolute atomic E-state index is 12.1. The molecule has 0 atom stereocenters. The quantitative estimate of drug-likeness (QED) is 0.920. The van der Waals surface area contributed by atoms with Crippen LogP contribution in [0.15, 0.2) is 41.3 Å². The molecule has 6 heteroatoms. The molecule has 0 bridgehead atoms. The van der Waals surface area contributed by atoms with E-state index < -0.39 is 15.8 Å². The van der Waals surface area contributed by atoms with E-state index in [4.69, 9.17) is 16.7 Å². The summed E-state index contributed by atoms with van der Waals surface area (Å²) in [5.41, 5.74) is 0. The summed E-state index contributed by atoms with van der Waals surface area (Å²) < 4.78 is 24.2. The Balaban J connectivity index is 2.27. The maximum atomic E-state index is 12.1. The van der Waals surface area contributed by atoms with Crippen LogP contribution in [-0.4, -0.2) is 25.2 Å². The molecule has 1 N–H and O–H groups in total. The summed E-state index contributed by atoms with van der Waals surface area (Å²) >= 11 is 5.87. The summed E-state index contributed by atoms with van der Waals surface area (Å²) in [6, 6.07) is 10.0. The summed E-state index contributed by atoms with van der Waals surface area (Å²) in [6.07, 6.45) is -0.0429. The van der Waals surface area contributed by atoms with Gasteiger partial charge in [-0.05, 0) is 41.5 Å². The van der Waals surface area contributed by atoms with Crippen molar-refractivity contribution in [1.82, 2.24) is 0 Å². The molecule has 0 amide bonds. The predicted octanol–water partition coefficient (Wildman–Crippen LogP) is 3.13. The summed E-state index contributed by atoms with van der Waals surface area (Å²) in [4.78, 5) is 10.6. The van der Waals surface area contributed by atoms with E-state index in [9.17, 15) is 13.2 Å². The third-order valence-electron chi connectivity index (χ3n) is 2.94. The van der Waals surface area contributed by atoms with Gasteiger partial charge in [-0.15, -0.1) is 0 Å². The fraction of sp³-hybridized carbons (Fsp3) is 0.214. The van der Waals surface area contributed by atoms with Crippen LogP contribution >= 0.6 is 11.6 Å².